The van der Waals surface area contributed by atoms with Gasteiger partial charge in [0.05, 0.1) is 4.47 Å². The average molecular weight is 423 g/mol. The number of rotatable bonds is 4. The highest BCUT2D eigenvalue weighted by Gasteiger charge is 2.49. The van der Waals surface area contributed by atoms with Gasteiger partial charge in [-0.1, -0.05) is 24.3 Å². The van der Waals surface area contributed by atoms with Crippen LogP contribution in [-0.2, 0) is 16.1 Å². The number of nitrogens with zero attached hydrogens (tertiary/aromatic N) is 1. The number of anilines is 1. The first-order valence-corrected chi connectivity index (χ1v) is 8.68. The number of aliphatic hydroxyl groups is 1. The van der Waals surface area contributed by atoms with E-state index in [4.69, 9.17) is 4.74 Å². The van der Waals surface area contributed by atoms with E-state index in [1.807, 2.05) is 6.07 Å². The number of benzene rings is 2. The second-order valence-corrected chi connectivity index (χ2v) is 6.67. The van der Waals surface area contributed by atoms with Gasteiger partial charge in [-0.2, -0.15) is 0 Å². The molecule has 2 amide bonds. The van der Waals surface area contributed by atoms with Crippen molar-refractivity contribution in [2.24, 2.45) is 0 Å². The lowest BCUT2D eigenvalue weighted by Gasteiger charge is -2.22. The fraction of sp³-hybridized carbons (Fsp3) is 0.222. The smallest absolute Gasteiger partial charge is 0.407 e. The van der Waals surface area contributed by atoms with Crippen molar-refractivity contribution in [1.82, 2.24) is 5.32 Å². The third kappa shape index (κ3) is 3.86. The lowest BCUT2D eigenvalue weighted by Crippen LogP contribution is -2.46. The number of ether oxygens (including phenoxy) is 1. The number of nitrogens with one attached hydrogen (secondary N) is 1. The molecule has 0 aliphatic carbocycles. The molecular formula is C18H16BrFN2O4. The molecule has 1 saturated heterocycles. The molecule has 1 atom stereocenters. The van der Waals surface area contributed by atoms with E-state index < -0.39 is 23.6 Å². The highest BCUT2D eigenvalue weighted by molar-refractivity contribution is 9.10. The highest BCUT2D eigenvalue weighted by atomic mass is 79.9. The molecule has 2 N–H and O–H groups in total. The lowest BCUT2D eigenvalue weighted by molar-refractivity contribution is -0.175. The standard InChI is InChI=1S/C18H16BrFN2O4/c19-14-10-12(6-7-15(14)20)11-21-17(24)26-18(25)8-9-22(16(18)23)13-4-2-1-3-5-13/h1-7,10,25H,8-9,11H2,(H,21,24)/t18-/m0/s1. The fourth-order valence-electron chi connectivity index (χ4n) is 2.64. The van der Waals surface area contributed by atoms with Crippen molar-refractivity contribution in [2.45, 2.75) is 18.8 Å². The Labute approximate surface area is 157 Å². The summed E-state index contributed by atoms with van der Waals surface area (Å²) in [5, 5.41) is 12.8. The summed E-state index contributed by atoms with van der Waals surface area (Å²) in [4.78, 5) is 25.8. The van der Waals surface area contributed by atoms with Gasteiger partial charge in [0.2, 0.25) is 0 Å². The Morgan fingerprint density at radius 2 is 2.04 bits per heavy atom. The molecule has 3 rings (SSSR count). The number of hydrogen-bond acceptors (Lipinski definition) is 4. The van der Waals surface area contributed by atoms with Crippen LogP contribution in [0.25, 0.3) is 0 Å². The summed E-state index contributed by atoms with van der Waals surface area (Å²) in [7, 11) is 0. The van der Waals surface area contributed by atoms with Gasteiger partial charge in [-0.15, -0.1) is 0 Å². The molecule has 0 unspecified atom stereocenters. The summed E-state index contributed by atoms with van der Waals surface area (Å²) in [6.45, 7) is 0.294. The van der Waals surface area contributed by atoms with Crippen molar-refractivity contribution in [3.63, 3.8) is 0 Å². The van der Waals surface area contributed by atoms with E-state index in [1.165, 1.54) is 23.1 Å². The molecule has 1 aliphatic heterocycles. The van der Waals surface area contributed by atoms with E-state index in [1.54, 1.807) is 24.3 Å². The van der Waals surface area contributed by atoms with Gasteiger partial charge >= 0.3 is 6.09 Å². The third-order valence-corrected chi connectivity index (χ3v) is 4.61. The molecule has 2 aromatic carbocycles. The molecule has 1 fully saturated rings. The number of carbonyl (C=O) groups excluding carboxylic acids is 2. The van der Waals surface area contributed by atoms with Crippen LogP contribution in [0, 0.1) is 5.82 Å². The van der Waals surface area contributed by atoms with Crippen LogP contribution >= 0.6 is 15.9 Å². The summed E-state index contributed by atoms with van der Waals surface area (Å²) >= 11 is 3.06. The molecule has 2 aromatic rings. The average Bonchev–Trinajstić information content (AvgIpc) is 2.92. The van der Waals surface area contributed by atoms with Crippen LogP contribution in [0.1, 0.15) is 12.0 Å². The maximum Gasteiger partial charge on any atom is 0.410 e. The van der Waals surface area contributed by atoms with E-state index in [9.17, 15) is 19.1 Å². The molecule has 0 spiro atoms. The molecule has 0 bridgehead atoms. The maximum atomic E-state index is 13.2. The molecule has 1 aliphatic rings. The third-order valence-electron chi connectivity index (χ3n) is 4.00. The van der Waals surface area contributed by atoms with Crippen LogP contribution in [0.15, 0.2) is 53.0 Å². The molecule has 8 heteroatoms. The van der Waals surface area contributed by atoms with Gasteiger partial charge in [0.1, 0.15) is 5.82 Å². The van der Waals surface area contributed by atoms with E-state index in [2.05, 4.69) is 21.2 Å². The predicted octanol–water partition coefficient (Wildman–Crippen LogP) is 2.94. The molecule has 0 radical (unpaired) electrons. The zero-order valence-corrected chi connectivity index (χ0v) is 15.2. The Morgan fingerprint density at radius 3 is 2.73 bits per heavy atom. The van der Waals surface area contributed by atoms with Crippen molar-refractivity contribution in [3.05, 3.63) is 64.4 Å². The number of carbonyl (C=O) groups is 2. The van der Waals surface area contributed by atoms with Gasteiger partial charge in [-0.05, 0) is 45.8 Å². The molecular weight excluding hydrogens is 407 g/mol. The number of halogens is 2. The highest BCUT2D eigenvalue weighted by Crippen LogP contribution is 2.29. The number of amides is 2. The molecule has 0 saturated carbocycles. The molecule has 26 heavy (non-hydrogen) atoms. The minimum atomic E-state index is -2.21. The van der Waals surface area contributed by atoms with Gasteiger partial charge in [0, 0.05) is 25.2 Å². The Balaban J connectivity index is 1.60. The summed E-state index contributed by atoms with van der Waals surface area (Å²) < 4.78 is 18.4. The zero-order chi connectivity index (χ0) is 18.7. The van der Waals surface area contributed by atoms with Crippen LogP contribution in [-0.4, -0.2) is 29.4 Å². The van der Waals surface area contributed by atoms with Gasteiger partial charge < -0.3 is 20.1 Å². The Hall–Kier alpha value is -2.45. The van der Waals surface area contributed by atoms with Crippen molar-refractivity contribution < 1.29 is 23.8 Å². The normalized spacial score (nSPS) is 19.5. The maximum absolute atomic E-state index is 13.2. The quantitative estimate of drug-likeness (QED) is 0.742. The fourth-order valence-corrected chi connectivity index (χ4v) is 3.07. The summed E-state index contributed by atoms with van der Waals surface area (Å²) in [5.74, 6) is -3.31. The molecule has 0 aromatic heterocycles. The van der Waals surface area contributed by atoms with Gasteiger partial charge in [-0.3, -0.25) is 4.79 Å². The Kier molecular flexibility index (Phi) is 5.24. The van der Waals surface area contributed by atoms with Crippen LogP contribution in [0.3, 0.4) is 0 Å². The summed E-state index contributed by atoms with van der Waals surface area (Å²) in [5.41, 5.74) is 1.25. The van der Waals surface area contributed by atoms with Gasteiger partial charge in [0.15, 0.2) is 0 Å². The summed E-state index contributed by atoms with van der Waals surface area (Å²) in [6.07, 6.45) is -0.966. The first-order valence-electron chi connectivity index (χ1n) is 7.89. The van der Waals surface area contributed by atoms with Crippen LogP contribution < -0.4 is 10.2 Å². The Bertz CT molecular complexity index is 833. The molecule has 136 valence electrons. The summed E-state index contributed by atoms with van der Waals surface area (Å²) in [6, 6.07) is 13.1. The van der Waals surface area contributed by atoms with E-state index >= 15 is 0 Å². The van der Waals surface area contributed by atoms with Crippen LogP contribution in [0.2, 0.25) is 0 Å². The minimum Gasteiger partial charge on any atom is -0.407 e. The van der Waals surface area contributed by atoms with E-state index in [0.717, 1.165) is 0 Å². The van der Waals surface area contributed by atoms with E-state index in [0.29, 0.717) is 11.3 Å². The second kappa shape index (κ2) is 7.43. The zero-order valence-electron chi connectivity index (χ0n) is 13.6. The Morgan fingerprint density at radius 1 is 1.31 bits per heavy atom. The van der Waals surface area contributed by atoms with E-state index in [-0.39, 0.29) is 24.0 Å². The van der Waals surface area contributed by atoms with Crippen molar-refractivity contribution in [1.29, 1.82) is 0 Å². The first-order chi connectivity index (χ1) is 12.4. The van der Waals surface area contributed by atoms with Crippen LogP contribution in [0.5, 0.6) is 0 Å². The van der Waals surface area contributed by atoms with Gasteiger partial charge in [-0.25, -0.2) is 9.18 Å². The number of hydrogen-bond donors (Lipinski definition) is 2. The van der Waals surface area contributed by atoms with Crippen molar-refractivity contribution in [3.8, 4) is 0 Å². The van der Waals surface area contributed by atoms with Crippen molar-refractivity contribution >= 4 is 33.6 Å². The predicted molar refractivity (Wildman–Crippen MR) is 95.8 cm³/mol. The monoisotopic (exact) mass is 422 g/mol. The van der Waals surface area contributed by atoms with Gasteiger partial charge in [0.25, 0.3) is 11.7 Å². The first kappa shape index (κ1) is 18.3. The number of alkyl carbamates (subject to hydrolysis) is 1. The lowest BCUT2D eigenvalue weighted by atomic mass is 10.2. The molecule has 6 nitrogen and oxygen atoms in total. The largest absolute Gasteiger partial charge is 0.410 e. The number of para-hydroxylation sites is 1. The second-order valence-electron chi connectivity index (χ2n) is 5.82. The van der Waals surface area contributed by atoms with Crippen LogP contribution in [0.4, 0.5) is 14.9 Å². The topological polar surface area (TPSA) is 78.9 Å². The van der Waals surface area contributed by atoms with Crippen molar-refractivity contribution in [2.75, 3.05) is 11.4 Å². The SMILES string of the molecule is O=C(NCc1ccc(F)c(Br)c1)O[C@@]1(O)CCN(c2ccccc2)C1=O. The minimum absolute atomic E-state index is 0.0315. The molecule has 1 heterocycles.